The maximum Gasteiger partial charge on any atom is 0.285 e. The fourth-order valence-corrected chi connectivity index (χ4v) is 4.60. The van der Waals surface area contributed by atoms with Crippen LogP contribution in [0.5, 0.6) is 0 Å². The molecule has 8 nitrogen and oxygen atoms in total. The zero-order valence-corrected chi connectivity index (χ0v) is 18.7. The van der Waals surface area contributed by atoms with Crippen molar-refractivity contribution in [2.24, 2.45) is 0 Å². The van der Waals surface area contributed by atoms with Crippen molar-refractivity contribution in [2.75, 3.05) is 32.4 Å². The molecule has 1 amide bonds. The van der Waals surface area contributed by atoms with Gasteiger partial charge in [0, 0.05) is 42.8 Å². The third-order valence-electron chi connectivity index (χ3n) is 4.82. The lowest BCUT2D eigenvalue weighted by Crippen LogP contribution is -2.49. The highest BCUT2D eigenvalue weighted by atomic mass is 35.5. The van der Waals surface area contributed by atoms with Crippen LogP contribution in [0, 0.1) is 16.2 Å². The van der Waals surface area contributed by atoms with Crippen LogP contribution in [0.2, 0.25) is 10.0 Å². The lowest BCUT2D eigenvalue weighted by molar-refractivity contribution is -0.384. The van der Waals surface area contributed by atoms with E-state index in [9.17, 15) is 23.3 Å². The van der Waals surface area contributed by atoms with E-state index in [1.807, 2.05) is 0 Å². The first-order valence-corrected chi connectivity index (χ1v) is 11.7. The molecule has 2 aromatic carbocycles. The van der Waals surface area contributed by atoms with Gasteiger partial charge < -0.3 is 4.90 Å². The third kappa shape index (κ3) is 5.43. The van der Waals surface area contributed by atoms with E-state index in [4.69, 9.17) is 23.2 Å². The highest BCUT2D eigenvalue weighted by Crippen LogP contribution is 2.38. The molecule has 1 saturated heterocycles. The van der Waals surface area contributed by atoms with E-state index in [2.05, 4.69) is 6.07 Å². The Morgan fingerprint density at radius 1 is 1.19 bits per heavy atom. The molecule has 3 rings (SSSR count). The van der Waals surface area contributed by atoms with E-state index >= 15 is 0 Å². The second-order valence-corrected chi connectivity index (χ2v) is 9.68. The first-order chi connectivity index (χ1) is 14.6. The lowest BCUT2D eigenvalue weighted by atomic mass is 9.97. The quantitative estimate of drug-likeness (QED) is 0.368. The number of nitro benzene ring substituents is 1. The zero-order chi connectivity index (χ0) is 22.8. The number of sulfonamides is 1. The van der Waals surface area contributed by atoms with Crippen molar-refractivity contribution in [3.8, 4) is 11.1 Å². The van der Waals surface area contributed by atoms with Gasteiger partial charge in [-0.15, -0.1) is 0 Å². The molecule has 0 aromatic heterocycles. The SMILES string of the molecule is CS(=O)(=O)N1CCN(C(=O)/C=C/c2cc[c]c([N+](=O)[O-])c2-c2ccc(Cl)cc2Cl)CC1. The Labute approximate surface area is 189 Å². The first kappa shape index (κ1) is 23.2. The largest absolute Gasteiger partial charge is 0.337 e. The Bertz CT molecular complexity index is 1160. The van der Waals surface area contributed by atoms with Gasteiger partial charge in [-0.3, -0.25) is 14.9 Å². The topological polar surface area (TPSA) is 101 Å². The van der Waals surface area contributed by atoms with E-state index in [-0.39, 0.29) is 48.4 Å². The summed E-state index contributed by atoms with van der Waals surface area (Å²) in [6.45, 7) is 0.954. The highest BCUT2D eigenvalue weighted by molar-refractivity contribution is 7.88. The summed E-state index contributed by atoms with van der Waals surface area (Å²) in [5.41, 5.74) is 0.752. The molecule has 0 bridgehead atoms. The average Bonchev–Trinajstić information content (AvgIpc) is 2.71. The van der Waals surface area contributed by atoms with Crippen LogP contribution in [-0.2, 0) is 14.8 Å². The number of nitro groups is 1. The number of amides is 1. The van der Waals surface area contributed by atoms with Crippen LogP contribution in [-0.4, -0.2) is 60.9 Å². The molecular formula is C20H18Cl2N3O5S. The van der Waals surface area contributed by atoms with Gasteiger partial charge in [-0.2, -0.15) is 4.31 Å². The number of nitrogens with zero attached hydrogens (tertiary/aromatic N) is 3. The van der Waals surface area contributed by atoms with Gasteiger partial charge in [-0.25, -0.2) is 8.42 Å². The predicted molar refractivity (Wildman–Crippen MR) is 119 cm³/mol. The van der Waals surface area contributed by atoms with Gasteiger partial charge in [0.1, 0.15) is 0 Å². The molecule has 0 saturated carbocycles. The van der Waals surface area contributed by atoms with Crippen molar-refractivity contribution in [1.82, 2.24) is 9.21 Å². The Balaban J connectivity index is 1.90. The number of carbonyl (C=O) groups excluding carboxylic acids is 1. The van der Waals surface area contributed by atoms with Gasteiger partial charge in [0.15, 0.2) is 0 Å². The molecule has 0 N–H and O–H groups in total. The van der Waals surface area contributed by atoms with Crippen molar-refractivity contribution in [1.29, 1.82) is 0 Å². The van der Waals surface area contributed by atoms with Crippen molar-refractivity contribution in [3.05, 3.63) is 68.2 Å². The maximum atomic E-state index is 12.6. The second-order valence-electron chi connectivity index (χ2n) is 6.86. The molecule has 31 heavy (non-hydrogen) atoms. The van der Waals surface area contributed by atoms with Gasteiger partial charge in [-0.05, 0) is 29.8 Å². The lowest BCUT2D eigenvalue weighted by Gasteiger charge is -2.32. The van der Waals surface area contributed by atoms with E-state index in [0.717, 1.165) is 6.26 Å². The second kappa shape index (κ2) is 9.35. The zero-order valence-electron chi connectivity index (χ0n) is 16.4. The molecule has 0 spiro atoms. The minimum Gasteiger partial charge on any atom is -0.337 e. The molecule has 11 heteroatoms. The molecule has 1 radical (unpaired) electrons. The smallest absolute Gasteiger partial charge is 0.285 e. The van der Waals surface area contributed by atoms with Crippen LogP contribution in [0.1, 0.15) is 5.56 Å². The third-order valence-corrected chi connectivity index (χ3v) is 6.67. The summed E-state index contributed by atoms with van der Waals surface area (Å²) in [5, 5.41) is 12.2. The van der Waals surface area contributed by atoms with Crippen LogP contribution in [0.3, 0.4) is 0 Å². The van der Waals surface area contributed by atoms with Crippen LogP contribution in [0.15, 0.2) is 36.4 Å². The standard InChI is InChI=1S/C20H18Cl2N3O5S/c1-31(29,30)24-11-9-23(10-12-24)19(26)8-5-14-3-2-4-18(25(27)28)20(14)16-7-6-15(21)13-17(16)22/h2-3,5-8,13H,9-12H2,1H3/b8-5+. The van der Waals surface area contributed by atoms with Crippen LogP contribution >= 0.6 is 23.2 Å². The molecule has 2 aromatic rings. The monoisotopic (exact) mass is 482 g/mol. The van der Waals surface area contributed by atoms with Gasteiger partial charge >= 0.3 is 0 Å². The van der Waals surface area contributed by atoms with Crippen molar-refractivity contribution in [2.45, 2.75) is 0 Å². The molecule has 0 atom stereocenters. The number of hydrogen-bond acceptors (Lipinski definition) is 5. The number of hydrogen-bond donors (Lipinski definition) is 0. The van der Waals surface area contributed by atoms with Gasteiger partial charge in [0.25, 0.3) is 5.69 Å². The molecule has 0 aliphatic carbocycles. The van der Waals surface area contributed by atoms with Gasteiger partial charge in [0.2, 0.25) is 15.9 Å². The van der Waals surface area contributed by atoms with Crippen LogP contribution < -0.4 is 0 Å². The average molecular weight is 483 g/mol. The van der Waals surface area contributed by atoms with E-state index < -0.39 is 14.9 Å². The Kier molecular flexibility index (Phi) is 7.00. The Hall–Kier alpha value is -2.46. The van der Waals surface area contributed by atoms with Crippen molar-refractivity contribution in [3.63, 3.8) is 0 Å². The van der Waals surface area contributed by atoms with Crippen LogP contribution in [0.25, 0.3) is 17.2 Å². The van der Waals surface area contributed by atoms with E-state index in [1.54, 1.807) is 18.2 Å². The normalized spacial score (nSPS) is 15.4. The Morgan fingerprint density at radius 2 is 1.87 bits per heavy atom. The molecule has 163 valence electrons. The van der Waals surface area contributed by atoms with Crippen LogP contribution in [0.4, 0.5) is 5.69 Å². The number of piperazine rings is 1. The summed E-state index contributed by atoms with van der Waals surface area (Å²) in [5.74, 6) is -0.322. The summed E-state index contributed by atoms with van der Waals surface area (Å²) in [4.78, 5) is 25.1. The summed E-state index contributed by atoms with van der Waals surface area (Å²) in [6, 6.07) is 10.2. The van der Waals surface area contributed by atoms with E-state index in [1.165, 1.54) is 33.5 Å². The highest BCUT2D eigenvalue weighted by Gasteiger charge is 2.25. The molecular weight excluding hydrogens is 465 g/mol. The summed E-state index contributed by atoms with van der Waals surface area (Å²) < 4.78 is 24.5. The summed E-state index contributed by atoms with van der Waals surface area (Å²) in [7, 11) is -3.30. The van der Waals surface area contributed by atoms with Gasteiger partial charge in [0.05, 0.1) is 27.8 Å². The number of benzene rings is 2. The minimum absolute atomic E-state index is 0.218. The molecule has 1 aliphatic rings. The number of carbonyl (C=O) groups is 1. The minimum atomic E-state index is -3.30. The fourth-order valence-electron chi connectivity index (χ4n) is 3.27. The van der Waals surface area contributed by atoms with Gasteiger partial charge in [-0.1, -0.05) is 35.3 Å². The molecule has 1 fully saturated rings. The first-order valence-electron chi connectivity index (χ1n) is 9.14. The maximum absolute atomic E-state index is 12.6. The molecule has 1 aliphatic heterocycles. The summed E-state index contributed by atoms with van der Waals surface area (Å²) in [6.07, 6.45) is 3.92. The van der Waals surface area contributed by atoms with Crippen molar-refractivity contribution >= 4 is 50.9 Å². The molecule has 1 heterocycles. The van der Waals surface area contributed by atoms with E-state index in [0.29, 0.717) is 16.1 Å². The number of rotatable bonds is 5. The fraction of sp³-hybridized carbons (Fsp3) is 0.250. The summed E-state index contributed by atoms with van der Waals surface area (Å²) >= 11 is 12.2. The Morgan fingerprint density at radius 3 is 2.45 bits per heavy atom. The molecule has 0 unspecified atom stereocenters. The van der Waals surface area contributed by atoms with Crippen molar-refractivity contribution < 1.29 is 18.1 Å². The predicted octanol–water partition coefficient (Wildman–Crippen LogP) is 3.49. The number of halogens is 2.